The summed E-state index contributed by atoms with van der Waals surface area (Å²) in [7, 11) is -3.41. The lowest BCUT2D eigenvalue weighted by Crippen LogP contribution is -2.36. The molecule has 9 heteroatoms. The van der Waals surface area contributed by atoms with Gasteiger partial charge in [-0.1, -0.05) is 23.7 Å². The summed E-state index contributed by atoms with van der Waals surface area (Å²) >= 11 is 6.79. The van der Waals surface area contributed by atoms with E-state index in [4.69, 9.17) is 11.6 Å². The van der Waals surface area contributed by atoms with Crippen LogP contribution in [0, 0.1) is 13.8 Å². The maximum atomic E-state index is 12.2. The zero-order valence-corrected chi connectivity index (χ0v) is 19.4. The predicted molar refractivity (Wildman–Crippen MR) is 124 cm³/mol. The number of nitrogens with one attached hydrogen (secondary N) is 1. The van der Waals surface area contributed by atoms with Crippen LogP contribution in [0.5, 0.6) is 0 Å². The molecule has 0 unspecified atom stereocenters. The van der Waals surface area contributed by atoms with Gasteiger partial charge in [0.1, 0.15) is 5.82 Å². The summed E-state index contributed by atoms with van der Waals surface area (Å²) in [6.07, 6.45) is 2.79. The SMILES string of the molecule is Cc1c(-c2cccc3c2ccn3S(C)(=O)=O)cc(Cl)c2c1-n1c(C)nnc1C(C)(C)N2. The standard InChI is InChI=1S/C22H22ClN5O2S/c1-12-16(14-7-6-8-18-15(14)9-10-27(18)31(5,29)30)11-17(23)19-20(12)28-13(2)25-26-21(28)22(3,4)24-19/h6-11,24H,1-5H3. The largest absolute Gasteiger partial charge is 0.370 e. The van der Waals surface area contributed by atoms with Gasteiger partial charge in [0.05, 0.1) is 33.7 Å². The van der Waals surface area contributed by atoms with E-state index in [-0.39, 0.29) is 0 Å². The predicted octanol–water partition coefficient (Wildman–Crippen LogP) is 4.63. The van der Waals surface area contributed by atoms with Crippen LogP contribution < -0.4 is 5.32 Å². The summed E-state index contributed by atoms with van der Waals surface area (Å²) in [5.41, 5.74) is 4.81. The first kappa shape index (κ1) is 20.1. The molecule has 31 heavy (non-hydrogen) atoms. The van der Waals surface area contributed by atoms with Gasteiger partial charge in [0.2, 0.25) is 10.0 Å². The van der Waals surface area contributed by atoms with Crippen molar-refractivity contribution in [2.75, 3.05) is 11.6 Å². The van der Waals surface area contributed by atoms with E-state index in [9.17, 15) is 8.42 Å². The van der Waals surface area contributed by atoms with Gasteiger partial charge in [-0.3, -0.25) is 4.57 Å². The van der Waals surface area contributed by atoms with Gasteiger partial charge in [0.25, 0.3) is 0 Å². The van der Waals surface area contributed by atoms with Crippen molar-refractivity contribution in [3.63, 3.8) is 0 Å². The number of aryl methyl sites for hydroxylation is 1. The molecule has 0 radical (unpaired) electrons. The van der Waals surface area contributed by atoms with Crippen molar-refractivity contribution in [3.05, 3.63) is 58.8 Å². The van der Waals surface area contributed by atoms with Crippen LogP contribution in [0.2, 0.25) is 5.02 Å². The maximum absolute atomic E-state index is 12.2. The highest BCUT2D eigenvalue weighted by molar-refractivity contribution is 7.89. The summed E-state index contributed by atoms with van der Waals surface area (Å²) < 4.78 is 27.7. The first-order valence-electron chi connectivity index (χ1n) is 9.86. The number of aromatic nitrogens is 4. The van der Waals surface area contributed by atoms with Crippen LogP contribution in [-0.4, -0.2) is 33.4 Å². The topological polar surface area (TPSA) is 81.8 Å². The highest BCUT2D eigenvalue weighted by Crippen LogP contribution is 2.46. The lowest BCUT2D eigenvalue weighted by Gasteiger charge is -2.35. The molecule has 1 aliphatic rings. The molecule has 1 aliphatic heterocycles. The molecule has 0 fully saturated rings. The van der Waals surface area contributed by atoms with E-state index < -0.39 is 15.6 Å². The smallest absolute Gasteiger partial charge is 0.236 e. The molecule has 4 aromatic rings. The number of hydrogen-bond donors (Lipinski definition) is 1. The molecular weight excluding hydrogens is 434 g/mol. The van der Waals surface area contributed by atoms with E-state index in [1.54, 1.807) is 12.3 Å². The zero-order valence-electron chi connectivity index (χ0n) is 17.9. The molecule has 0 amide bonds. The fourth-order valence-corrected chi connectivity index (χ4v) is 5.53. The minimum absolute atomic E-state index is 0.432. The highest BCUT2D eigenvalue weighted by atomic mass is 35.5. The van der Waals surface area contributed by atoms with Gasteiger partial charge in [-0.2, -0.15) is 0 Å². The lowest BCUT2D eigenvalue weighted by molar-refractivity contribution is 0.535. The van der Waals surface area contributed by atoms with Crippen molar-refractivity contribution in [2.45, 2.75) is 33.2 Å². The molecule has 2 aromatic heterocycles. The van der Waals surface area contributed by atoms with Crippen LogP contribution in [0.3, 0.4) is 0 Å². The zero-order chi connectivity index (χ0) is 22.3. The Morgan fingerprint density at radius 3 is 2.55 bits per heavy atom. The normalized spacial score (nSPS) is 14.9. The second-order valence-corrected chi connectivity index (χ2v) is 10.8. The van der Waals surface area contributed by atoms with Crippen molar-refractivity contribution in [1.29, 1.82) is 0 Å². The van der Waals surface area contributed by atoms with Crippen LogP contribution in [0.1, 0.15) is 31.1 Å². The minimum atomic E-state index is -3.41. The molecule has 0 aliphatic carbocycles. The van der Waals surface area contributed by atoms with Crippen LogP contribution in [0.25, 0.3) is 27.7 Å². The molecule has 0 saturated heterocycles. The third-order valence-electron chi connectivity index (χ3n) is 5.90. The molecule has 1 N–H and O–H groups in total. The maximum Gasteiger partial charge on any atom is 0.236 e. The van der Waals surface area contributed by atoms with E-state index >= 15 is 0 Å². The molecule has 0 saturated carbocycles. The second-order valence-electron chi connectivity index (χ2n) is 8.52. The minimum Gasteiger partial charge on any atom is -0.370 e. The van der Waals surface area contributed by atoms with Crippen molar-refractivity contribution in [1.82, 2.24) is 18.7 Å². The Bertz CT molecular complexity index is 1500. The fraction of sp³-hybridized carbons (Fsp3) is 0.273. The molecule has 0 bridgehead atoms. The number of fused-ring (bicyclic) bond motifs is 4. The molecule has 3 heterocycles. The summed E-state index contributed by atoms with van der Waals surface area (Å²) in [4.78, 5) is 0. The third-order valence-corrected chi connectivity index (χ3v) is 7.23. The van der Waals surface area contributed by atoms with Crippen molar-refractivity contribution in [3.8, 4) is 16.8 Å². The number of benzene rings is 2. The van der Waals surface area contributed by atoms with Crippen LogP contribution >= 0.6 is 11.6 Å². The van der Waals surface area contributed by atoms with E-state index in [2.05, 4.69) is 20.1 Å². The van der Waals surface area contributed by atoms with Gasteiger partial charge in [-0.05, 0) is 62.6 Å². The molecular formula is C22H22ClN5O2S. The molecule has 0 atom stereocenters. The van der Waals surface area contributed by atoms with Crippen molar-refractivity contribution in [2.24, 2.45) is 0 Å². The Balaban J connectivity index is 1.84. The summed E-state index contributed by atoms with van der Waals surface area (Å²) in [5.74, 6) is 1.60. The molecule has 2 aromatic carbocycles. The quantitative estimate of drug-likeness (QED) is 0.476. The number of hydrogen-bond acceptors (Lipinski definition) is 5. The Kier molecular flexibility index (Phi) is 4.11. The van der Waals surface area contributed by atoms with Gasteiger partial charge < -0.3 is 5.32 Å². The summed E-state index contributed by atoms with van der Waals surface area (Å²) in [5, 5.41) is 13.7. The Labute approximate surface area is 185 Å². The van der Waals surface area contributed by atoms with Gasteiger partial charge in [-0.15, -0.1) is 10.2 Å². The van der Waals surface area contributed by atoms with Gasteiger partial charge in [0.15, 0.2) is 5.82 Å². The summed E-state index contributed by atoms with van der Waals surface area (Å²) in [6.45, 7) is 8.06. The van der Waals surface area contributed by atoms with E-state index in [0.29, 0.717) is 10.5 Å². The second kappa shape index (κ2) is 6.34. The average molecular weight is 456 g/mol. The van der Waals surface area contributed by atoms with Crippen LogP contribution in [-0.2, 0) is 15.6 Å². The number of rotatable bonds is 2. The fourth-order valence-electron chi connectivity index (χ4n) is 4.48. The first-order chi connectivity index (χ1) is 14.5. The van der Waals surface area contributed by atoms with E-state index in [1.165, 1.54) is 10.2 Å². The molecule has 160 valence electrons. The van der Waals surface area contributed by atoms with Gasteiger partial charge in [-0.25, -0.2) is 12.4 Å². The molecule has 0 spiro atoms. The van der Waals surface area contributed by atoms with Crippen LogP contribution in [0.4, 0.5) is 5.69 Å². The first-order valence-corrected chi connectivity index (χ1v) is 12.1. The molecule has 5 rings (SSSR count). The van der Waals surface area contributed by atoms with Crippen molar-refractivity contribution >= 4 is 38.2 Å². The number of nitrogens with zero attached hydrogens (tertiary/aromatic N) is 4. The number of halogens is 1. The van der Waals surface area contributed by atoms with E-state index in [0.717, 1.165) is 45.1 Å². The summed E-state index contributed by atoms with van der Waals surface area (Å²) in [6, 6.07) is 9.43. The molecule has 7 nitrogen and oxygen atoms in total. The number of anilines is 1. The average Bonchev–Trinajstić information content (AvgIpc) is 3.29. The van der Waals surface area contributed by atoms with Crippen LogP contribution in [0.15, 0.2) is 36.5 Å². The van der Waals surface area contributed by atoms with Gasteiger partial charge >= 0.3 is 0 Å². The Morgan fingerprint density at radius 2 is 1.84 bits per heavy atom. The third kappa shape index (κ3) is 2.81. The highest BCUT2D eigenvalue weighted by Gasteiger charge is 2.36. The van der Waals surface area contributed by atoms with Gasteiger partial charge in [0, 0.05) is 11.6 Å². The van der Waals surface area contributed by atoms with E-state index in [1.807, 2.05) is 52.0 Å². The Morgan fingerprint density at radius 1 is 1.10 bits per heavy atom. The lowest BCUT2D eigenvalue weighted by atomic mass is 9.92. The monoisotopic (exact) mass is 455 g/mol. The Hall–Kier alpha value is -2.84. The van der Waals surface area contributed by atoms with Crippen molar-refractivity contribution < 1.29 is 8.42 Å².